The van der Waals surface area contributed by atoms with Gasteiger partial charge in [-0.15, -0.1) is 0 Å². The Balaban J connectivity index is 2.43. The summed E-state index contributed by atoms with van der Waals surface area (Å²) in [6.07, 6.45) is 6.57. The van der Waals surface area contributed by atoms with Gasteiger partial charge in [0.2, 0.25) is 0 Å². The summed E-state index contributed by atoms with van der Waals surface area (Å²) in [5.74, 6) is -0.580. The highest BCUT2D eigenvalue weighted by Gasteiger charge is 2.58. The maximum absolute atomic E-state index is 13.4. The van der Waals surface area contributed by atoms with Crippen LogP contribution < -0.4 is 4.67 Å². The number of hydrogen-bond acceptors (Lipinski definition) is 4. The molecule has 1 saturated carbocycles. The lowest BCUT2D eigenvalue weighted by atomic mass is 9.65. The quantitative estimate of drug-likeness (QED) is 0.601. The predicted molar refractivity (Wildman–Crippen MR) is 118 cm³/mol. The monoisotopic (exact) mass is 422 g/mol. The maximum atomic E-state index is 13.4. The van der Waals surface area contributed by atoms with Crippen LogP contribution in [-0.2, 0) is 26.3 Å². The van der Waals surface area contributed by atoms with Crippen molar-refractivity contribution in [1.29, 1.82) is 0 Å². The molecule has 1 amide bonds. The summed E-state index contributed by atoms with van der Waals surface area (Å²) in [7, 11) is 0. The maximum Gasteiger partial charge on any atom is 0.309 e. The molecule has 5 nitrogen and oxygen atoms in total. The van der Waals surface area contributed by atoms with Crippen LogP contribution in [0.5, 0.6) is 0 Å². The van der Waals surface area contributed by atoms with E-state index in [9.17, 15) is 9.59 Å². The average Bonchev–Trinajstić information content (AvgIpc) is 3.12. The number of aromatic nitrogens is 1. The SMILES string of the molecule is CCCCc1cn(C(C)(C)C)s/c1=N\C(=O)[C@@]1(C)CC[C@@H](C(=O)OCC)C1(C)C. The van der Waals surface area contributed by atoms with Gasteiger partial charge in [0.05, 0.1) is 17.9 Å². The largest absolute Gasteiger partial charge is 0.466 e. The van der Waals surface area contributed by atoms with E-state index in [2.05, 4.69) is 42.8 Å². The molecule has 164 valence electrons. The molecule has 2 atom stereocenters. The van der Waals surface area contributed by atoms with Gasteiger partial charge in [-0.3, -0.25) is 13.5 Å². The second-order valence-corrected chi connectivity index (χ2v) is 10.9. The van der Waals surface area contributed by atoms with Crippen molar-refractivity contribution in [3.8, 4) is 0 Å². The van der Waals surface area contributed by atoms with Crippen molar-refractivity contribution in [2.75, 3.05) is 6.61 Å². The van der Waals surface area contributed by atoms with E-state index in [1.165, 1.54) is 0 Å². The van der Waals surface area contributed by atoms with Crippen LogP contribution >= 0.6 is 11.5 Å². The zero-order valence-corrected chi connectivity index (χ0v) is 20.2. The fourth-order valence-electron chi connectivity index (χ4n) is 4.09. The van der Waals surface area contributed by atoms with E-state index >= 15 is 0 Å². The van der Waals surface area contributed by atoms with Crippen LogP contribution in [0.4, 0.5) is 0 Å². The molecule has 1 aromatic rings. The molecule has 1 aliphatic rings. The fraction of sp³-hybridized carbons (Fsp3) is 0.783. The summed E-state index contributed by atoms with van der Waals surface area (Å²) in [5, 5.41) is 0. The molecule has 0 bridgehead atoms. The summed E-state index contributed by atoms with van der Waals surface area (Å²) in [6, 6.07) is 0. The first-order valence-corrected chi connectivity index (χ1v) is 11.6. The molecule has 0 radical (unpaired) electrons. The van der Waals surface area contributed by atoms with Gasteiger partial charge in [0.15, 0.2) is 0 Å². The van der Waals surface area contributed by atoms with E-state index < -0.39 is 10.8 Å². The van der Waals surface area contributed by atoms with Gasteiger partial charge in [0.1, 0.15) is 4.67 Å². The lowest BCUT2D eigenvalue weighted by Crippen LogP contribution is -2.43. The molecule has 6 heteroatoms. The fourth-order valence-corrected chi connectivity index (χ4v) is 5.13. The lowest BCUT2D eigenvalue weighted by molar-refractivity contribution is -0.153. The normalized spacial score (nSPS) is 24.7. The molecule has 1 aliphatic carbocycles. The van der Waals surface area contributed by atoms with Crippen molar-refractivity contribution >= 4 is 23.4 Å². The molecule has 2 rings (SSSR count). The molecule has 0 aromatic carbocycles. The number of aryl methyl sites for hydroxylation is 1. The molecule has 0 aliphatic heterocycles. The van der Waals surface area contributed by atoms with Gasteiger partial charge in [-0.2, -0.15) is 0 Å². The Labute approximate surface area is 179 Å². The van der Waals surface area contributed by atoms with Crippen molar-refractivity contribution in [3.63, 3.8) is 0 Å². The molecule has 1 heterocycles. The second-order valence-electron chi connectivity index (χ2n) is 9.97. The Morgan fingerprint density at radius 2 is 1.93 bits per heavy atom. The number of amides is 1. The van der Waals surface area contributed by atoms with Crippen LogP contribution in [-0.4, -0.2) is 22.4 Å². The molecule has 0 unspecified atom stereocenters. The van der Waals surface area contributed by atoms with E-state index in [-0.39, 0.29) is 23.3 Å². The van der Waals surface area contributed by atoms with Gasteiger partial charge in [-0.1, -0.05) is 34.1 Å². The first kappa shape index (κ1) is 23.8. The number of carbonyl (C=O) groups is 2. The molecule has 29 heavy (non-hydrogen) atoms. The lowest BCUT2D eigenvalue weighted by Gasteiger charge is -2.38. The smallest absolute Gasteiger partial charge is 0.309 e. The first-order chi connectivity index (χ1) is 13.4. The molecule has 0 spiro atoms. The summed E-state index contributed by atoms with van der Waals surface area (Å²) in [6.45, 7) is 16.8. The minimum atomic E-state index is -0.678. The van der Waals surface area contributed by atoms with Gasteiger partial charge in [0, 0.05) is 17.3 Å². The van der Waals surface area contributed by atoms with Crippen LogP contribution in [0, 0.1) is 16.7 Å². The van der Waals surface area contributed by atoms with E-state index in [4.69, 9.17) is 4.74 Å². The standard InChI is InChI=1S/C23H38N2O3S/c1-9-11-12-16-15-25(21(3,4)5)29-18(16)24-20(27)23(8)14-13-17(22(23,6)7)19(26)28-10-2/h15,17H,9-14H2,1-8H3/b24-18-/t17-,23+/m0/s1. The van der Waals surface area contributed by atoms with Crippen LogP contribution in [0.2, 0.25) is 0 Å². The Morgan fingerprint density at radius 1 is 1.28 bits per heavy atom. The van der Waals surface area contributed by atoms with Gasteiger partial charge >= 0.3 is 5.97 Å². The van der Waals surface area contributed by atoms with Crippen molar-refractivity contribution in [1.82, 2.24) is 3.96 Å². The van der Waals surface area contributed by atoms with Gasteiger partial charge in [-0.25, -0.2) is 4.99 Å². The number of hydrogen-bond donors (Lipinski definition) is 0. The average molecular weight is 423 g/mol. The summed E-state index contributed by atoms with van der Waals surface area (Å²) in [4.78, 5) is 30.5. The molecule has 1 aromatic heterocycles. The van der Waals surface area contributed by atoms with Crippen LogP contribution in [0.25, 0.3) is 0 Å². The molecular formula is C23H38N2O3S. The highest BCUT2D eigenvalue weighted by Crippen LogP contribution is 2.56. The number of unbranched alkanes of at least 4 members (excludes halogenated alkanes) is 1. The van der Waals surface area contributed by atoms with Gasteiger partial charge in [0.25, 0.3) is 5.91 Å². The van der Waals surface area contributed by atoms with Crippen LogP contribution in [0.15, 0.2) is 11.2 Å². The van der Waals surface area contributed by atoms with Crippen molar-refractivity contribution in [2.45, 2.75) is 93.0 Å². The van der Waals surface area contributed by atoms with Crippen molar-refractivity contribution in [3.05, 3.63) is 16.4 Å². The molecule has 0 saturated heterocycles. The number of rotatable bonds is 6. The number of ether oxygens (including phenoxy) is 1. The first-order valence-electron chi connectivity index (χ1n) is 10.9. The highest BCUT2D eigenvalue weighted by molar-refractivity contribution is 7.04. The molecule has 1 fully saturated rings. The number of esters is 1. The third-order valence-electron chi connectivity index (χ3n) is 6.67. The predicted octanol–water partition coefficient (Wildman–Crippen LogP) is 5.08. The Morgan fingerprint density at radius 3 is 2.48 bits per heavy atom. The summed E-state index contributed by atoms with van der Waals surface area (Å²) in [5.41, 5.74) is -0.0843. The number of carbonyl (C=O) groups excluding carboxylic acids is 2. The van der Waals surface area contributed by atoms with Crippen molar-refractivity contribution < 1.29 is 14.3 Å². The van der Waals surface area contributed by atoms with Crippen molar-refractivity contribution in [2.24, 2.45) is 21.7 Å². The summed E-state index contributed by atoms with van der Waals surface area (Å²) >= 11 is 1.56. The number of nitrogens with zero attached hydrogens (tertiary/aromatic N) is 2. The van der Waals surface area contributed by atoms with Crippen LogP contribution in [0.3, 0.4) is 0 Å². The molecular weight excluding hydrogens is 384 g/mol. The Bertz CT molecular complexity index is 813. The zero-order chi connectivity index (χ0) is 22.0. The zero-order valence-electron chi connectivity index (χ0n) is 19.4. The van der Waals surface area contributed by atoms with Gasteiger partial charge < -0.3 is 4.74 Å². The Kier molecular flexibility index (Phi) is 7.19. The third kappa shape index (κ3) is 4.68. The minimum absolute atomic E-state index is 0.0476. The van der Waals surface area contributed by atoms with E-state index in [1.807, 2.05) is 27.7 Å². The molecule has 0 N–H and O–H groups in total. The topological polar surface area (TPSA) is 60.7 Å². The van der Waals surface area contributed by atoms with Crippen LogP contribution in [0.1, 0.15) is 86.6 Å². The highest BCUT2D eigenvalue weighted by atomic mass is 32.1. The summed E-state index contributed by atoms with van der Waals surface area (Å²) < 4.78 is 8.28. The minimum Gasteiger partial charge on any atom is -0.466 e. The van der Waals surface area contributed by atoms with E-state index in [0.717, 1.165) is 29.5 Å². The Hall–Kier alpha value is -1.43. The van der Waals surface area contributed by atoms with E-state index in [0.29, 0.717) is 19.4 Å². The third-order valence-corrected chi connectivity index (χ3v) is 8.04. The second kappa shape index (κ2) is 8.75. The van der Waals surface area contributed by atoms with E-state index in [1.54, 1.807) is 11.5 Å². The van der Waals surface area contributed by atoms with Gasteiger partial charge in [-0.05, 0) is 70.3 Å².